The smallest absolute Gasteiger partial charge is 0.223 e. The van der Waals surface area contributed by atoms with Crippen LogP contribution in [0.2, 0.25) is 0 Å². The van der Waals surface area contributed by atoms with E-state index in [2.05, 4.69) is 39.1 Å². The van der Waals surface area contributed by atoms with Gasteiger partial charge in [-0.3, -0.25) is 9.59 Å². The van der Waals surface area contributed by atoms with E-state index in [0.717, 1.165) is 16.7 Å². The molecule has 0 aliphatic heterocycles. The second-order valence-corrected chi connectivity index (χ2v) is 8.29. The quantitative estimate of drug-likeness (QED) is 0.585. The molecular formula is C25H34N2O2. The Labute approximate surface area is 174 Å². The lowest BCUT2D eigenvalue weighted by molar-refractivity contribution is -0.124. The Morgan fingerprint density at radius 2 is 1.52 bits per heavy atom. The monoisotopic (exact) mass is 394 g/mol. The Hall–Kier alpha value is -2.46. The molecule has 0 saturated carbocycles. The van der Waals surface area contributed by atoms with Gasteiger partial charge in [-0.2, -0.15) is 0 Å². The largest absolute Gasteiger partial charge is 0.355 e. The van der Waals surface area contributed by atoms with Crippen LogP contribution >= 0.6 is 0 Å². The molecule has 0 saturated heterocycles. The van der Waals surface area contributed by atoms with Gasteiger partial charge in [0.1, 0.15) is 0 Å². The number of carbonyl (C=O) groups is 2. The van der Waals surface area contributed by atoms with E-state index in [-0.39, 0.29) is 18.1 Å². The van der Waals surface area contributed by atoms with Gasteiger partial charge in [0.15, 0.2) is 5.78 Å². The fourth-order valence-electron chi connectivity index (χ4n) is 3.34. The van der Waals surface area contributed by atoms with Crippen LogP contribution in [-0.2, 0) is 11.2 Å². The van der Waals surface area contributed by atoms with Gasteiger partial charge in [0, 0.05) is 31.0 Å². The zero-order valence-corrected chi connectivity index (χ0v) is 18.1. The van der Waals surface area contributed by atoms with Crippen LogP contribution in [0.4, 0.5) is 0 Å². The molecule has 0 aliphatic rings. The van der Waals surface area contributed by atoms with Crippen molar-refractivity contribution < 1.29 is 9.59 Å². The van der Waals surface area contributed by atoms with Gasteiger partial charge in [-0.05, 0) is 47.1 Å². The van der Waals surface area contributed by atoms with Crippen LogP contribution in [0.3, 0.4) is 0 Å². The molecule has 156 valence electrons. The second-order valence-electron chi connectivity index (χ2n) is 8.29. The molecule has 2 aromatic carbocycles. The lowest BCUT2D eigenvalue weighted by atomic mass is 9.88. The Balaban J connectivity index is 2.27. The zero-order valence-electron chi connectivity index (χ0n) is 18.1. The Morgan fingerprint density at radius 1 is 0.931 bits per heavy atom. The molecule has 1 atom stereocenters. The molecule has 0 radical (unpaired) electrons. The van der Waals surface area contributed by atoms with Gasteiger partial charge < -0.3 is 11.1 Å². The Kier molecular flexibility index (Phi) is 8.59. The lowest BCUT2D eigenvalue weighted by Gasteiger charge is -2.18. The van der Waals surface area contributed by atoms with Gasteiger partial charge in [0.25, 0.3) is 0 Å². The van der Waals surface area contributed by atoms with Crippen LogP contribution in [0.1, 0.15) is 73.0 Å². The third-order valence-electron chi connectivity index (χ3n) is 5.20. The highest BCUT2D eigenvalue weighted by Gasteiger charge is 2.23. The number of Topliss-reactive ketones (excluding diaryl/α,β-unsaturated/α-hetero) is 1. The fourth-order valence-corrected chi connectivity index (χ4v) is 3.34. The van der Waals surface area contributed by atoms with E-state index in [9.17, 15) is 9.59 Å². The van der Waals surface area contributed by atoms with E-state index in [1.165, 1.54) is 0 Å². The summed E-state index contributed by atoms with van der Waals surface area (Å²) in [6.07, 6.45) is 0.717. The highest BCUT2D eigenvalue weighted by molar-refractivity contribution is 5.99. The first-order valence-electron chi connectivity index (χ1n) is 10.5. The lowest BCUT2D eigenvalue weighted by Crippen LogP contribution is -2.36. The van der Waals surface area contributed by atoms with E-state index in [4.69, 9.17) is 5.73 Å². The molecule has 0 fully saturated rings. The molecule has 0 unspecified atom stereocenters. The third-order valence-corrected chi connectivity index (χ3v) is 5.20. The first-order chi connectivity index (χ1) is 13.8. The van der Waals surface area contributed by atoms with E-state index in [1.54, 1.807) is 0 Å². The topological polar surface area (TPSA) is 72.2 Å². The number of amides is 1. The maximum Gasteiger partial charge on any atom is 0.223 e. The maximum atomic E-state index is 13.2. The summed E-state index contributed by atoms with van der Waals surface area (Å²) in [5.74, 6) is 0.165. The van der Waals surface area contributed by atoms with Crippen molar-refractivity contribution in [2.45, 2.75) is 52.4 Å². The van der Waals surface area contributed by atoms with Gasteiger partial charge >= 0.3 is 0 Å². The number of hydrogen-bond acceptors (Lipinski definition) is 3. The molecule has 4 nitrogen and oxygen atoms in total. The molecular weight excluding hydrogens is 360 g/mol. The fraction of sp³-hybridized carbons (Fsp3) is 0.440. The van der Waals surface area contributed by atoms with Crippen molar-refractivity contribution >= 4 is 11.7 Å². The number of rotatable bonds is 10. The first-order valence-corrected chi connectivity index (χ1v) is 10.5. The van der Waals surface area contributed by atoms with Crippen LogP contribution in [0.15, 0.2) is 48.5 Å². The number of ketones is 1. The molecule has 1 amide bonds. The van der Waals surface area contributed by atoms with Crippen LogP contribution in [0.25, 0.3) is 0 Å². The van der Waals surface area contributed by atoms with Gasteiger partial charge in [-0.15, -0.1) is 0 Å². The van der Waals surface area contributed by atoms with Crippen LogP contribution < -0.4 is 11.1 Å². The molecule has 3 N–H and O–H groups in total. The highest BCUT2D eigenvalue weighted by Crippen LogP contribution is 2.25. The van der Waals surface area contributed by atoms with E-state index in [1.807, 2.05) is 42.5 Å². The summed E-state index contributed by atoms with van der Waals surface area (Å²) >= 11 is 0. The summed E-state index contributed by atoms with van der Waals surface area (Å²) in [5, 5.41) is 2.85. The molecule has 0 bridgehead atoms. The number of carbonyl (C=O) groups excluding carboxylic acids is 2. The minimum Gasteiger partial charge on any atom is -0.355 e. The standard InChI is InChI=1S/C25H34N2O2/c1-17(2)20-13-21(18(3)4)15-22(14-20)24(28)16-23(25(29)27-11-10-26)12-19-8-6-5-7-9-19/h5-9,13-15,17-18,23H,10-12,16,26H2,1-4H3,(H,27,29)/t23-/m0/s1. The summed E-state index contributed by atoms with van der Waals surface area (Å²) in [5.41, 5.74) is 9.59. The number of benzene rings is 2. The maximum absolute atomic E-state index is 13.2. The molecule has 29 heavy (non-hydrogen) atoms. The van der Waals surface area contributed by atoms with Crippen LogP contribution in [-0.4, -0.2) is 24.8 Å². The SMILES string of the molecule is CC(C)c1cc(C(=O)C[C@H](Cc2ccccc2)C(=O)NCCN)cc(C(C)C)c1. The van der Waals surface area contributed by atoms with Gasteiger partial charge in [-0.25, -0.2) is 0 Å². The predicted molar refractivity (Wildman–Crippen MR) is 119 cm³/mol. The number of nitrogens with one attached hydrogen (secondary N) is 1. The van der Waals surface area contributed by atoms with Crippen molar-refractivity contribution in [1.29, 1.82) is 0 Å². The average molecular weight is 395 g/mol. The summed E-state index contributed by atoms with van der Waals surface area (Å²) in [6.45, 7) is 9.32. The van der Waals surface area contributed by atoms with E-state index >= 15 is 0 Å². The minimum absolute atomic E-state index is 0.0122. The molecule has 0 heterocycles. The van der Waals surface area contributed by atoms with Gasteiger partial charge in [-0.1, -0.05) is 64.1 Å². The van der Waals surface area contributed by atoms with Crippen molar-refractivity contribution in [2.75, 3.05) is 13.1 Å². The average Bonchev–Trinajstić information content (AvgIpc) is 2.71. The summed E-state index contributed by atoms with van der Waals surface area (Å²) in [6, 6.07) is 16.0. The molecule has 0 aromatic heterocycles. The second kappa shape index (κ2) is 10.9. The van der Waals surface area contributed by atoms with E-state index in [0.29, 0.717) is 36.9 Å². The van der Waals surface area contributed by atoms with Gasteiger partial charge in [0.05, 0.1) is 0 Å². The van der Waals surface area contributed by atoms with Crippen LogP contribution in [0, 0.1) is 5.92 Å². The predicted octanol–water partition coefficient (Wildman–Crippen LogP) is 4.44. The molecule has 2 aromatic rings. The van der Waals surface area contributed by atoms with Crippen LogP contribution in [0.5, 0.6) is 0 Å². The molecule has 2 rings (SSSR count). The summed E-state index contributed by atoms with van der Waals surface area (Å²) in [7, 11) is 0. The highest BCUT2D eigenvalue weighted by atomic mass is 16.2. The number of nitrogens with two attached hydrogens (primary N) is 1. The summed E-state index contributed by atoms with van der Waals surface area (Å²) in [4.78, 5) is 25.9. The van der Waals surface area contributed by atoms with Crippen molar-refractivity contribution in [1.82, 2.24) is 5.32 Å². The van der Waals surface area contributed by atoms with Crippen molar-refractivity contribution in [2.24, 2.45) is 11.7 Å². The number of hydrogen-bond donors (Lipinski definition) is 2. The Morgan fingerprint density at radius 3 is 2.03 bits per heavy atom. The Bertz CT molecular complexity index is 787. The minimum atomic E-state index is -0.415. The molecule has 0 aliphatic carbocycles. The van der Waals surface area contributed by atoms with Crippen molar-refractivity contribution in [3.05, 3.63) is 70.8 Å². The zero-order chi connectivity index (χ0) is 21.4. The van der Waals surface area contributed by atoms with Gasteiger partial charge in [0.2, 0.25) is 5.91 Å². The third kappa shape index (κ3) is 6.82. The van der Waals surface area contributed by atoms with Crippen molar-refractivity contribution in [3.63, 3.8) is 0 Å². The van der Waals surface area contributed by atoms with E-state index < -0.39 is 5.92 Å². The van der Waals surface area contributed by atoms with Crippen molar-refractivity contribution in [3.8, 4) is 0 Å². The first kappa shape index (κ1) is 22.8. The normalized spacial score (nSPS) is 12.2. The summed E-state index contributed by atoms with van der Waals surface area (Å²) < 4.78 is 0. The molecule has 0 spiro atoms. The molecule has 4 heteroatoms.